The lowest BCUT2D eigenvalue weighted by Gasteiger charge is -2.16. The summed E-state index contributed by atoms with van der Waals surface area (Å²) in [5, 5.41) is 14.5. The molecular formula is C12H20N2O3S. The Kier molecular flexibility index (Phi) is 3.77. The third-order valence-corrected chi connectivity index (χ3v) is 5.31. The molecule has 1 aromatic rings. The third kappa shape index (κ3) is 2.92. The van der Waals surface area contributed by atoms with Crippen LogP contribution < -0.4 is 0 Å². The monoisotopic (exact) mass is 272 g/mol. The lowest BCUT2D eigenvalue weighted by Crippen LogP contribution is -2.25. The van der Waals surface area contributed by atoms with E-state index in [0.29, 0.717) is 12.8 Å². The summed E-state index contributed by atoms with van der Waals surface area (Å²) in [4.78, 5) is 0. The van der Waals surface area contributed by atoms with Gasteiger partial charge in [-0.3, -0.25) is 4.68 Å². The zero-order chi connectivity index (χ0) is 13.3. The summed E-state index contributed by atoms with van der Waals surface area (Å²) < 4.78 is 24.7. The van der Waals surface area contributed by atoms with E-state index in [0.717, 1.165) is 17.9 Å². The molecule has 2 heterocycles. The van der Waals surface area contributed by atoms with Gasteiger partial charge in [0.05, 0.1) is 23.3 Å². The molecule has 0 amide bonds. The van der Waals surface area contributed by atoms with Gasteiger partial charge in [-0.2, -0.15) is 5.10 Å². The highest BCUT2D eigenvalue weighted by Crippen LogP contribution is 2.24. The molecule has 6 heteroatoms. The molecule has 1 aliphatic rings. The van der Waals surface area contributed by atoms with Gasteiger partial charge < -0.3 is 5.11 Å². The molecule has 1 saturated heterocycles. The maximum absolute atomic E-state index is 11.4. The second-order valence-corrected chi connectivity index (χ2v) is 7.26. The van der Waals surface area contributed by atoms with Gasteiger partial charge in [0.2, 0.25) is 0 Å². The van der Waals surface area contributed by atoms with E-state index in [2.05, 4.69) is 5.10 Å². The topological polar surface area (TPSA) is 72.2 Å². The molecule has 102 valence electrons. The minimum absolute atomic E-state index is 0.118. The molecule has 0 aliphatic carbocycles. The van der Waals surface area contributed by atoms with Crippen molar-refractivity contribution in [3.8, 4) is 0 Å². The van der Waals surface area contributed by atoms with Gasteiger partial charge in [0.15, 0.2) is 9.84 Å². The van der Waals surface area contributed by atoms with E-state index in [1.165, 1.54) is 0 Å². The van der Waals surface area contributed by atoms with Crippen LogP contribution in [0, 0.1) is 12.8 Å². The fourth-order valence-corrected chi connectivity index (χ4v) is 4.42. The van der Waals surface area contributed by atoms with Gasteiger partial charge in [-0.15, -0.1) is 0 Å². The maximum atomic E-state index is 11.4. The standard InChI is InChI=1S/C12H20N2O3S/c1-3-14-11(6-9(2)13-14)7-12(15)10-4-5-18(16,17)8-10/h6,10,12,15H,3-5,7-8H2,1-2H3. The number of nitrogens with zero attached hydrogens (tertiary/aromatic N) is 2. The number of hydrogen-bond donors (Lipinski definition) is 1. The summed E-state index contributed by atoms with van der Waals surface area (Å²) >= 11 is 0. The fourth-order valence-electron chi connectivity index (χ4n) is 2.55. The molecule has 0 spiro atoms. The Bertz CT molecular complexity index is 521. The van der Waals surface area contributed by atoms with Crippen molar-refractivity contribution in [1.29, 1.82) is 0 Å². The minimum Gasteiger partial charge on any atom is -0.392 e. The van der Waals surface area contributed by atoms with E-state index in [-0.39, 0.29) is 17.4 Å². The summed E-state index contributed by atoms with van der Waals surface area (Å²) in [6.07, 6.45) is 0.459. The Balaban J connectivity index is 2.05. The molecule has 1 aromatic heterocycles. The predicted molar refractivity (Wildman–Crippen MR) is 69.1 cm³/mol. The number of aryl methyl sites for hydroxylation is 2. The largest absolute Gasteiger partial charge is 0.392 e. The minimum atomic E-state index is -2.93. The van der Waals surface area contributed by atoms with Crippen molar-refractivity contribution in [2.24, 2.45) is 5.92 Å². The van der Waals surface area contributed by atoms with E-state index in [1.807, 2.05) is 24.6 Å². The second-order valence-electron chi connectivity index (χ2n) is 5.03. The Morgan fingerprint density at radius 2 is 2.33 bits per heavy atom. The number of hydrogen-bond acceptors (Lipinski definition) is 4. The van der Waals surface area contributed by atoms with E-state index in [1.54, 1.807) is 0 Å². The molecule has 0 saturated carbocycles. The van der Waals surface area contributed by atoms with E-state index in [4.69, 9.17) is 0 Å². The van der Waals surface area contributed by atoms with E-state index < -0.39 is 15.9 Å². The van der Waals surface area contributed by atoms with Crippen molar-refractivity contribution in [3.63, 3.8) is 0 Å². The zero-order valence-electron chi connectivity index (χ0n) is 10.8. The Labute approximate surface area is 108 Å². The molecule has 0 radical (unpaired) electrons. The highest BCUT2D eigenvalue weighted by molar-refractivity contribution is 7.91. The van der Waals surface area contributed by atoms with E-state index in [9.17, 15) is 13.5 Å². The molecule has 1 aliphatic heterocycles. The molecule has 2 rings (SSSR count). The first-order chi connectivity index (χ1) is 8.41. The molecule has 5 nitrogen and oxygen atoms in total. The smallest absolute Gasteiger partial charge is 0.150 e. The first-order valence-corrected chi connectivity index (χ1v) is 8.15. The summed E-state index contributed by atoms with van der Waals surface area (Å²) in [7, 11) is -2.93. The Morgan fingerprint density at radius 1 is 1.61 bits per heavy atom. The fraction of sp³-hybridized carbons (Fsp3) is 0.750. The van der Waals surface area contributed by atoms with Crippen molar-refractivity contribution in [2.75, 3.05) is 11.5 Å². The lowest BCUT2D eigenvalue weighted by molar-refractivity contribution is 0.118. The number of aliphatic hydroxyl groups is 1. The summed E-state index contributed by atoms with van der Waals surface area (Å²) in [6.45, 7) is 4.68. The van der Waals surface area contributed by atoms with Gasteiger partial charge >= 0.3 is 0 Å². The molecule has 1 N–H and O–H groups in total. The number of aromatic nitrogens is 2. The van der Waals surface area contributed by atoms with Crippen molar-refractivity contribution in [2.45, 2.75) is 39.3 Å². The average molecular weight is 272 g/mol. The van der Waals surface area contributed by atoms with Crippen LogP contribution in [0.3, 0.4) is 0 Å². The molecule has 2 atom stereocenters. The van der Waals surface area contributed by atoms with Crippen LogP contribution in [0.15, 0.2) is 6.07 Å². The summed E-state index contributed by atoms with van der Waals surface area (Å²) in [6, 6.07) is 1.95. The van der Waals surface area contributed by atoms with Crippen molar-refractivity contribution in [1.82, 2.24) is 9.78 Å². The molecule has 0 aromatic carbocycles. The quantitative estimate of drug-likeness (QED) is 0.869. The van der Waals surface area contributed by atoms with Crippen LogP contribution in [-0.4, -0.2) is 40.9 Å². The number of aliphatic hydroxyl groups excluding tert-OH is 1. The Hall–Kier alpha value is -0.880. The van der Waals surface area contributed by atoms with Crippen molar-refractivity contribution >= 4 is 9.84 Å². The van der Waals surface area contributed by atoms with Crippen molar-refractivity contribution < 1.29 is 13.5 Å². The first kappa shape index (κ1) is 13.5. The van der Waals surface area contributed by atoms with Crippen LogP contribution in [0.4, 0.5) is 0 Å². The van der Waals surface area contributed by atoms with Crippen LogP contribution >= 0.6 is 0 Å². The SMILES string of the molecule is CCn1nc(C)cc1CC(O)C1CCS(=O)(=O)C1. The maximum Gasteiger partial charge on any atom is 0.150 e. The highest BCUT2D eigenvalue weighted by Gasteiger charge is 2.33. The second kappa shape index (κ2) is 5.01. The van der Waals surface area contributed by atoms with Gasteiger partial charge in [0.1, 0.15) is 0 Å². The van der Waals surface area contributed by atoms with Gasteiger partial charge in [-0.1, -0.05) is 0 Å². The average Bonchev–Trinajstić information content (AvgIpc) is 2.81. The highest BCUT2D eigenvalue weighted by atomic mass is 32.2. The van der Waals surface area contributed by atoms with Gasteiger partial charge in [-0.05, 0) is 26.3 Å². The van der Waals surface area contributed by atoms with Gasteiger partial charge in [-0.25, -0.2) is 8.42 Å². The first-order valence-electron chi connectivity index (χ1n) is 6.33. The number of rotatable bonds is 4. The van der Waals surface area contributed by atoms with Crippen LogP contribution in [0.1, 0.15) is 24.7 Å². The molecule has 2 unspecified atom stereocenters. The molecule has 18 heavy (non-hydrogen) atoms. The molecular weight excluding hydrogens is 252 g/mol. The molecule has 0 bridgehead atoms. The summed E-state index contributed by atoms with van der Waals surface area (Å²) in [5.74, 6) is 0.198. The van der Waals surface area contributed by atoms with Gasteiger partial charge in [0, 0.05) is 24.6 Å². The zero-order valence-corrected chi connectivity index (χ0v) is 11.7. The third-order valence-electron chi connectivity index (χ3n) is 3.52. The lowest BCUT2D eigenvalue weighted by atomic mass is 9.98. The van der Waals surface area contributed by atoms with Crippen LogP contribution in [0.25, 0.3) is 0 Å². The van der Waals surface area contributed by atoms with Gasteiger partial charge in [0.25, 0.3) is 0 Å². The normalized spacial score (nSPS) is 24.3. The summed E-state index contributed by atoms with van der Waals surface area (Å²) in [5.41, 5.74) is 1.91. The Morgan fingerprint density at radius 3 is 2.89 bits per heavy atom. The van der Waals surface area contributed by atoms with E-state index >= 15 is 0 Å². The van der Waals surface area contributed by atoms with Crippen molar-refractivity contribution in [3.05, 3.63) is 17.5 Å². The van der Waals surface area contributed by atoms with Crippen LogP contribution in [0.5, 0.6) is 0 Å². The predicted octanol–water partition coefficient (Wildman–Crippen LogP) is 0.550. The van der Waals surface area contributed by atoms with Crippen LogP contribution in [0.2, 0.25) is 0 Å². The number of sulfone groups is 1. The van der Waals surface area contributed by atoms with Crippen LogP contribution in [-0.2, 0) is 22.8 Å². The molecule has 1 fully saturated rings.